The molecule has 0 aliphatic rings. The molecule has 0 saturated heterocycles. The Morgan fingerprint density at radius 2 is 1.97 bits per heavy atom. The molecule has 3 aromatic rings. The molecular weight excluding hydrogens is 493 g/mol. The Morgan fingerprint density at radius 3 is 2.73 bits per heavy atom. The molecule has 0 radical (unpaired) electrons. The van der Waals surface area contributed by atoms with Gasteiger partial charge in [0.2, 0.25) is 5.88 Å². The average molecular weight is 523 g/mol. The Morgan fingerprint density at radius 1 is 1.10 bits per heavy atom. The lowest BCUT2D eigenvalue weighted by atomic mass is 10.2. The molecule has 0 fully saturated rings. The molecule has 0 amide bonds. The number of rotatable bonds is 10. The molecule has 0 aliphatic heterocycles. The van der Waals surface area contributed by atoms with E-state index in [-0.39, 0.29) is 24.0 Å². The summed E-state index contributed by atoms with van der Waals surface area (Å²) in [6.45, 7) is 3.50. The lowest BCUT2D eigenvalue weighted by molar-refractivity contribution is 0.143. The van der Waals surface area contributed by atoms with E-state index in [4.69, 9.17) is 9.47 Å². The molecule has 3 rings (SSSR count). The number of nitrogens with zero attached hydrogens (tertiary/aromatic N) is 3. The molecule has 0 saturated carbocycles. The highest BCUT2D eigenvalue weighted by Gasteiger charge is 2.02. The van der Waals surface area contributed by atoms with E-state index in [0.717, 1.165) is 31.0 Å². The predicted molar refractivity (Wildman–Crippen MR) is 132 cm³/mol. The van der Waals surface area contributed by atoms with E-state index in [1.807, 2.05) is 12.1 Å². The zero-order valence-corrected chi connectivity index (χ0v) is 19.8. The first-order chi connectivity index (χ1) is 14.3. The van der Waals surface area contributed by atoms with Crippen LogP contribution in [0.5, 0.6) is 5.88 Å². The Hall–Kier alpha value is -2.33. The number of pyridine rings is 1. The second-order valence-electron chi connectivity index (χ2n) is 6.62. The fourth-order valence-corrected chi connectivity index (χ4v) is 3.03. The Balaban J connectivity index is 0.00000320. The van der Waals surface area contributed by atoms with E-state index in [2.05, 4.69) is 61.7 Å². The number of methoxy groups -OCH3 is 1. The third-order valence-electron chi connectivity index (χ3n) is 4.57. The summed E-state index contributed by atoms with van der Waals surface area (Å²) in [5.41, 5.74) is 2.34. The Kier molecular flexibility index (Phi) is 10.4. The fourth-order valence-electron chi connectivity index (χ4n) is 3.03. The summed E-state index contributed by atoms with van der Waals surface area (Å²) in [6, 6.07) is 14.5. The van der Waals surface area contributed by atoms with Gasteiger partial charge in [-0.1, -0.05) is 24.3 Å². The van der Waals surface area contributed by atoms with Gasteiger partial charge in [-0.25, -0.2) is 4.98 Å². The van der Waals surface area contributed by atoms with E-state index in [9.17, 15) is 0 Å². The van der Waals surface area contributed by atoms with Crippen molar-refractivity contribution in [1.29, 1.82) is 0 Å². The van der Waals surface area contributed by atoms with E-state index in [1.54, 1.807) is 20.4 Å². The SMILES string of the molecule is CN=C(NCCCn1ccc2ccccc21)NCc1ccc(OCCOC)nc1.I. The van der Waals surface area contributed by atoms with Crippen molar-refractivity contribution in [1.82, 2.24) is 20.2 Å². The summed E-state index contributed by atoms with van der Waals surface area (Å²) in [5, 5.41) is 7.95. The van der Waals surface area contributed by atoms with Crippen molar-refractivity contribution >= 4 is 40.8 Å². The van der Waals surface area contributed by atoms with Crippen molar-refractivity contribution in [3.63, 3.8) is 0 Å². The van der Waals surface area contributed by atoms with Crippen molar-refractivity contribution in [2.24, 2.45) is 4.99 Å². The quantitative estimate of drug-likeness (QED) is 0.185. The number of hydrogen-bond acceptors (Lipinski definition) is 4. The van der Waals surface area contributed by atoms with Crippen LogP contribution in [0.4, 0.5) is 0 Å². The Bertz CT molecular complexity index is 911. The van der Waals surface area contributed by atoms with Gasteiger partial charge >= 0.3 is 0 Å². The van der Waals surface area contributed by atoms with Gasteiger partial charge in [-0.05, 0) is 29.5 Å². The van der Waals surface area contributed by atoms with Crippen LogP contribution in [0.3, 0.4) is 0 Å². The van der Waals surface area contributed by atoms with Gasteiger partial charge in [0.1, 0.15) is 6.61 Å². The van der Waals surface area contributed by atoms with E-state index >= 15 is 0 Å². The fraction of sp³-hybridized carbons (Fsp3) is 0.364. The molecule has 7 nitrogen and oxygen atoms in total. The Labute approximate surface area is 194 Å². The number of hydrogen-bond donors (Lipinski definition) is 2. The maximum atomic E-state index is 5.48. The summed E-state index contributed by atoms with van der Waals surface area (Å²) in [7, 11) is 3.43. The number of halogens is 1. The van der Waals surface area contributed by atoms with Gasteiger partial charge in [0.25, 0.3) is 0 Å². The van der Waals surface area contributed by atoms with E-state index in [1.165, 1.54) is 10.9 Å². The number of aliphatic imine (C=N–C) groups is 1. The molecule has 0 atom stereocenters. The minimum absolute atomic E-state index is 0. The molecule has 8 heteroatoms. The number of para-hydroxylation sites is 1. The van der Waals surface area contributed by atoms with Gasteiger partial charge in [-0.3, -0.25) is 4.99 Å². The zero-order chi connectivity index (χ0) is 20.3. The largest absolute Gasteiger partial charge is 0.475 e. The molecular formula is C22H30IN5O2. The minimum Gasteiger partial charge on any atom is -0.475 e. The van der Waals surface area contributed by atoms with Gasteiger partial charge in [0.15, 0.2) is 5.96 Å². The number of ether oxygens (including phenoxy) is 2. The van der Waals surface area contributed by atoms with Crippen molar-refractivity contribution in [2.45, 2.75) is 19.5 Å². The number of fused-ring (bicyclic) bond motifs is 1. The summed E-state index contributed by atoms with van der Waals surface area (Å²) < 4.78 is 12.7. The zero-order valence-electron chi connectivity index (χ0n) is 17.5. The summed E-state index contributed by atoms with van der Waals surface area (Å²) in [6.07, 6.45) is 4.96. The van der Waals surface area contributed by atoms with Gasteiger partial charge < -0.3 is 24.7 Å². The van der Waals surface area contributed by atoms with Crippen LogP contribution in [0.1, 0.15) is 12.0 Å². The maximum absolute atomic E-state index is 5.48. The summed E-state index contributed by atoms with van der Waals surface area (Å²) in [5.74, 6) is 1.38. The predicted octanol–water partition coefficient (Wildman–Crippen LogP) is 3.43. The molecule has 2 N–H and O–H groups in total. The van der Waals surface area contributed by atoms with E-state index in [0.29, 0.717) is 25.6 Å². The molecule has 1 aromatic carbocycles. The lowest BCUT2D eigenvalue weighted by Crippen LogP contribution is -2.37. The van der Waals surface area contributed by atoms with Crippen molar-refractivity contribution in [3.05, 3.63) is 60.4 Å². The highest BCUT2D eigenvalue weighted by Crippen LogP contribution is 2.15. The van der Waals surface area contributed by atoms with Crippen molar-refractivity contribution < 1.29 is 9.47 Å². The molecule has 0 bridgehead atoms. The van der Waals surface area contributed by atoms with Gasteiger partial charge in [-0.15, -0.1) is 24.0 Å². The number of nitrogens with one attached hydrogen (secondary N) is 2. The molecule has 2 aromatic heterocycles. The summed E-state index contributed by atoms with van der Waals surface area (Å²) in [4.78, 5) is 8.59. The smallest absolute Gasteiger partial charge is 0.213 e. The first-order valence-corrected chi connectivity index (χ1v) is 9.85. The van der Waals surface area contributed by atoms with Crippen LogP contribution in [0.15, 0.2) is 59.9 Å². The second-order valence-corrected chi connectivity index (χ2v) is 6.62. The third kappa shape index (κ3) is 7.17. The van der Waals surface area contributed by atoms with E-state index < -0.39 is 0 Å². The monoisotopic (exact) mass is 523 g/mol. The average Bonchev–Trinajstić information content (AvgIpc) is 3.17. The number of guanidine groups is 1. The molecule has 0 aliphatic carbocycles. The van der Waals surface area contributed by atoms with Crippen LogP contribution in [-0.4, -0.2) is 49.4 Å². The van der Waals surface area contributed by atoms with Gasteiger partial charge in [0, 0.05) is 57.8 Å². The number of aryl methyl sites for hydroxylation is 1. The molecule has 30 heavy (non-hydrogen) atoms. The highest BCUT2D eigenvalue weighted by atomic mass is 127. The summed E-state index contributed by atoms with van der Waals surface area (Å²) >= 11 is 0. The standard InChI is InChI=1S/C22H29N5O2.HI/c1-23-22(26-17-18-8-9-21(25-16-18)29-15-14-28-2)24-11-5-12-27-13-10-19-6-3-4-7-20(19)27;/h3-4,6-10,13,16H,5,11-12,14-15,17H2,1-2H3,(H2,23,24,26);1H. The van der Waals surface area contributed by atoms with Crippen LogP contribution in [0.2, 0.25) is 0 Å². The second kappa shape index (κ2) is 13.1. The molecule has 0 spiro atoms. The third-order valence-corrected chi connectivity index (χ3v) is 4.57. The molecule has 2 heterocycles. The van der Waals surface area contributed by atoms with Crippen LogP contribution in [0, 0.1) is 0 Å². The topological polar surface area (TPSA) is 72.7 Å². The van der Waals surface area contributed by atoms with Crippen LogP contribution in [0.25, 0.3) is 10.9 Å². The first-order valence-electron chi connectivity index (χ1n) is 9.85. The van der Waals surface area contributed by atoms with Crippen LogP contribution >= 0.6 is 24.0 Å². The molecule has 0 unspecified atom stereocenters. The number of benzene rings is 1. The van der Waals surface area contributed by atoms with Crippen molar-refractivity contribution in [3.8, 4) is 5.88 Å². The molecule has 162 valence electrons. The number of aromatic nitrogens is 2. The lowest BCUT2D eigenvalue weighted by Gasteiger charge is -2.12. The minimum atomic E-state index is 0. The van der Waals surface area contributed by atoms with Gasteiger partial charge in [0.05, 0.1) is 6.61 Å². The van der Waals surface area contributed by atoms with Crippen molar-refractivity contribution in [2.75, 3.05) is 33.9 Å². The van der Waals surface area contributed by atoms with Crippen LogP contribution in [-0.2, 0) is 17.8 Å². The van der Waals surface area contributed by atoms with Crippen LogP contribution < -0.4 is 15.4 Å². The normalized spacial score (nSPS) is 11.2. The maximum Gasteiger partial charge on any atom is 0.213 e. The first kappa shape index (κ1) is 23.9. The van der Waals surface area contributed by atoms with Gasteiger partial charge in [-0.2, -0.15) is 0 Å². The highest BCUT2D eigenvalue weighted by molar-refractivity contribution is 14.0.